The van der Waals surface area contributed by atoms with Crippen LogP contribution >= 0.6 is 0 Å². The molecule has 4 fully saturated rings. The largest absolute Gasteiger partial charge is 0.473 e. The molecule has 5 aliphatic rings. The predicted octanol–water partition coefficient (Wildman–Crippen LogP) is 5.26. The van der Waals surface area contributed by atoms with E-state index in [9.17, 15) is 4.39 Å². The number of aromatic nitrogens is 2. The van der Waals surface area contributed by atoms with Gasteiger partial charge in [0.2, 0.25) is 5.88 Å². The lowest BCUT2D eigenvalue weighted by Gasteiger charge is -2.70. The molecule has 8 rings (SSSR count). The maximum absolute atomic E-state index is 12.5. The number of rotatable bonds is 7. The SMILES string of the molecule is C[C@@H]1Cc2c([nH]c3ccccc23)[C@@H](c2ccc(O[C@H]3CCN(CCCF)C3)nc2)N1C12CC(C1)C2. The molecule has 1 saturated heterocycles. The van der Waals surface area contributed by atoms with Gasteiger partial charge in [-0.1, -0.05) is 24.3 Å². The van der Waals surface area contributed by atoms with Gasteiger partial charge in [0.25, 0.3) is 0 Å². The van der Waals surface area contributed by atoms with Crippen LogP contribution in [0.5, 0.6) is 5.88 Å². The molecule has 2 bridgehead atoms. The Hall–Kier alpha value is -2.44. The summed E-state index contributed by atoms with van der Waals surface area (Å²) in [6.45, 7) is 4.82. The third-order valence-corrected chi connectivity index (χ3v) is 9.13. The molecule has 0 unspecified atom stereocenters. The molecule has 2 aliphatic heterocycles. The highest BCUT2D eigenvalue weighted by atomic mass is 19.1. The van der Waals surface area contributed by atoms with Gasteiger partial charge < -0.3 is 9.72 Å². The number of alkyl halides is 1. The number of fused-ring (bicyclic) bond motifs is 3. The van der Waals surface area contributed by atoms with Gasteiger partial charge in [-0.3, -0.25) is 14.2 Å². The summed E-state index contributed by atoms with van der Waals surface area (Å²) in [7, 11) is 0. The topological polar surface area (TPSA) is 44.4 Å². The zero-order valence-electron chi connectivity index (χ0n) is 20.5. The van der Waals surface area contributed by atoms with Crippen molar-refractivity contribution < 1.29 is 9.13 Å². The minimum absolute atomic E-state index is 0.139. The Morgan fingerprint density at radius 1 is 1.17 bits per heavy atom. The number of benzene rings is 1. The van der Waals surface area contributed by atoms with Crippen molar-refractivity contribution >= 4 is 10.9 Å². The van der Waals surface area contributed by atoms with Gasteiger partial charge in [0, 0.05) is 60.1 Å². The van der Waals surface area contributed by atoms with E-state index in [4.69, 9.17) is 9.72 Å². The monoisotopic (exact) mass is 474 g/mol. The Labute approximate surface area is 206 Å². The number of hydrogen-bond donors (Lipinski definition) is 1. The second kappa shape index (κ2) is 8.31. The molecule has 184 valence electrons. The van der Waals surface area contributed by atoms with Crippen LogP contribution < -0.4 is 4.74 Å². The lowest BCUT2D eigenvalue weighted by molar-refractivity contribution is -0.174. The highest BCUT2D eigenvalue weighted by Crippen LogP contribution is 2.64. The fourth-order valence-electron chi connectivity index (χ4n) is 7.45. The van der Waals surface area contributed by atoms with E-state index in [0.29, 0.717) is 23.9 Å². The number of halogens is 1. The summed E-state index contributed by atoms with van der Waals surface area (Å²) in [6.07, 6.45) is 8.90. The van der Waals surface area contributed by atoms with E-state index in [1.165, 1.54) is 47.0 Å². The van der Waals surface area contributed by atoms with Gasteiger partial charge >= 0.3 is 0 Å². The van der Waals surface area contributed by atoms with Crippen molar-refractivity contribution in [3.63, 3.8) is 0 Å². The average molecular weight is 475 g/mol. The van der Waals surface area contributed by atoms with E-state index < -0.39 is 0 Å². The number of H-pyrrole nitrogens is 1. The summed E-state index contributed by atoms with van der Waals surface area (Å²) in [5.74, 6) is 1.64. The van der Waals surface area contributed by atoms with E-state index in [-0.39, 0.29) is 18.8 Å². The molecule has 3 aliphatic carbocycles. The minimum atomic E-state index is -0.248. The van der Waals surface area contributed by atoms with Crippen LogP contribution in [-0.4, -0.2) is 63.8 Å². The molecule has 35 heavy (non-hydrogen) atoms. The Morgan fingerprint density at radius 3 is 2.77 bits per heavy atom. The summed E-state index contributed by atoms with van der Waals surface area (Å²) in [5.41, 5.74) is 5.67. The fourth-order valence-corrected chi connectivity index (χ4v) is 7.45. The van der Waals surface area contributed by atoms with Crippen LogP contribution in [0, 0.1) is 5.92 Å². The van der Waals surface area contributed by atoms with Gasteiger partial charge in [0.1, 0.15) is 6.10 Å². The first-order valence-corrected chi connectivity index (χ1v) is 13.4. The number of pyridine rings is 1. The lowest BCUT2D eigenvalue weighted by Crippen LogP contribution is -2.71. The first-order chi connectivity index (χ1) is 17.1. The van der Waals surface area contributed by atoms with Crippen LogP contribution in [-0.2, 0) is 6.42 Å². The quantitative estimate of drug-likeness (QED) is 0.507. The van der Waals surface area contributed by atoms with Crippen LogP contribution in [0.25, 0.3) is 10.9 Å². The Bertz CT molecular complexity index is 1210. The second-order valence-electron chi connectivity index (χ2n) is 11.4. The molecule has 3 atom stereocenters. The average Bonchev–Trinajstić information content (AvgIpc) is 3.41. The number of ether oxygens (including phenoxy) is 1. The number of aromatic amines is 1. The smallest absolute Gasteiger partial charge is 0.213 e. The molecule has 5 nitrogen and oxygen atoms in total. The van der Waals surface area contributed by atoms with Gasteiger partial charge in [-0.25, -0.2) is 4.98 Å². The third-order valence-electron chi connectivity index (χ3n) is 9.13. The maximum atomic E-state index is 12.5. The highest BCUT2D eigenvalue weighted by Gasteiger charge is 2.63. The van der Waals surface area contributed by atoms with E-state index in [0.717, 1.165) is 38.4 Å². The van der Waals surface area contributed by atoms with Crippen LogP contribution in [0.3, 0.4) is 0 Å². The van der Waals surface area contributed by atoms with Crippen molar-refractivity contribution in [1.29, 1.82) is 0 Å². The first kappa shape index (κ1) is 21.8. The molecule has 1 aromatic carbocycles. The van der Waals surface area contributed by atoms with Crippen molar-refractivity contribution in [2.45, 2.75) is 69.2 Å². The van der Waals surface area contributed by atoms with Crippen LogP contribution in [0.1, 0.15) is 61.9 Å². The predicted molar refractivity (Wildman–Crippen MR) is 136 cm³/mol. The summed E-state index contributed by atoms with van der Waals surface area (Å²) in [4.78, 5) is 13.7. The van der Waals surface area contributed by atoms with Gasteiger partial charge in [0.15, 0.2) is 0 Å². The molecule has 6 heteroatoms. The molecule has 0 amide bonds. The third kappa shape index (κ3) is 3.52. The molecule has 3 saturated carbocycles. The zero-order chi connectivity index (χ0) is 23.6. The highest BCUT2D eigenvalue weighted by molar-refractivity contribution is 5.85. The fraction of sp³-hybridized carbons (Fsp3) is 0.552. The first-order valence-electron chi connectivity index (χ1n) is 13.4. The molecule has 2 aromatic heterocycles. The summed E-state index contributed by atoms with van der Waals surface area (Å²) in [6, 6.07) is 13.7. The van der Waals surface area contributed by atoms with E-state index >= 15 is 0 Å². The maximum Gasteiger partial charge on any atom is 0.213 e. The van der Waals surface area contributed by atoms with Gasteiger partial charge in [0.05, 0.1) is 12.7 Å². The molecule has 4 heterocycles. The molecule has 1 N–H and O–H groups in total. The van der Waals surface area contributed by atoms with E-state index in [1.807, 2.05) is 6.20 Å². The van der Waals surface area contributed by atoms with E-state index in [2.05, 4.69) is 58.1 Å². The minimum Gasteiger partial charge on any atom is -0.473 e. The molecular weight excluding hydrogens is 439 g/mol. The van der Waals surface area contributed by atoms with Crippen molar-refractivity contribution in [2.24, 2.45) is 5.92 Å². The molecule has 0 radical (unpaired) electrons. The zero-order valence-corrected chi connectivity index (χ0v) is 20.5. The summed E-state index contributed by atoms with van der Waals surface area (Å²) < 4.78 is 18.7. The lowest BCUT2D eigenvalue weighted by atomic mass is 9.48. The number of nitrogens with zero attached hydrogens (tertiary/aromatic N) is 3. The van der Waals surface area contributed by atoms with Crippen molar-refractivity contribution in [2.75, 3.05) is 26.3 Å². The van der Waals surface area contributed by atoms with E-state index in [1.54, 1.807) is 0 Å². The summed E-state index contributed by atoms with van der Waals surface area (Å²) >= 11 is 0. The van der Waals surface area contributed by atoms with Gasteiger partial charge in [-0.15, -0.1) is 0 Å². The Kier molecular flexibility index (Phi) is 5.18. The number of nitrogens with one attached hydrogen (secondary N) is 1. The van der Waals surface area contributed by atoms with Crippen molar-refractivity contribution in [3.05, 3.63) is 59.4 Å². The normalized spacial score (nSPS) is 32.3. The summed E-state index contributed by atoms with van der Waals surface area (Å²) in [5, 5.41) is 1.36. The van der Waals surface area contributed by atoms with Crippen LogP contribution in [0.2, 0.25) is 0 Å². The van der Waals surface area contributed by atoms with Crippen LogP contribution in [0.15, 0.2) is 42.6 Å². The van der Waals surface area contributed by atoms with Gasteiger partial charge in [-0.05, 0) is 68.6 Å². The standard InChI is InChI=1S/C29H35FN4O/c1-19-13-24-23-5-2-3-6-25(23)32-27(24)28(34(19)29-14-20(15-29)16-29)21-7-8-26(31-17-21)35-22-9-12-33(18-22)11-4-10-30/h2-3,5-8,17,19-20,22,28,32H,4,9-16,18H2,1H3/t19-,20?,22+,28-,29?/m1/s1. The number of hydrogen-bond acceptors (Lipinski definition) is 4. The van der Waals surface area contributed by atoms with Gasteiger partial charge in [-0.2, -0.15) is 0 Å². The van der Waals surface area contributed by atoms with Crippen LogP contribution in [0.4, 0.5) is 4.39 Å². The molecule has 3 aromatic rings. The Morgan fingerprint density at radius 2 is 2.03 bits per heavy atom. The number of likely N-dealkylation sites (tertiary alicyclic amines) is 1. The van der Waals surface area contributed by atoms with Crippen molar-refractivity contribution in [1.82, 2.24) is 19.8 Å². The second-order valence-corrected chi connectivity index (χ2v) is 11.4. The molecule has 0 spiro atoms. The number of para-hydroxylation sites is 1. The van der Waals surface area contributed by atoms with Crippen molar-refractivity contribution in [3.8, 4) is 5.88 Å². The molecular formula is C29H35FN4O. The Balaban J connectivity index is 1.18.